The quantitative estimate of drug-likeness (QED) is 0.121. The van der Waals surface area contributed by atoms with Gasteiger partial charge in [0.15, 0.2) is 0 Å². The molecule has 0 radical (unpaired) electrons. The van der Waals surface area contributed by atoms with Crippen LogP contribution in [0.25, 0.3) is 0 Å². The summed E-state index contributed by atoms with van der Waals surface area (Å²) in [5.74, 6) is -5.95. The molecule has 13 nitrogen and oxygen atoms in total. The monoisotopic (exact) mass is 462 g/mol. The third kappa shape index (κ3) is 10.6. The summed E-state index contributed by atoms with van der Waals surface area (Å²) >= 11 is 4.01. The zero-order valence-corrected chi connectivity index (χ0v) is 18.2. The number of primary amides is 2. The molecule has 0 rings (SSSR count). The summed E-state index contributed by atoms with van der Waals surface area (Å²) in [6.07, 6.45) is -0.758. The van der Waals surface area contributed by atoms with E-state index in [1.54, 1.807) is 13.8 Å². The molecular weight excluding hydrogens is 432 g/mol. The molecule has 176 valence electrons. The first kappa shape index (κ1) is 28.1. The molecule has 0 bridgehead atoms. The second-order valence-corrected chi connectivity index (χ2v) is 7.52. The minimum atomic E-state index is -1.56. The Hall–Kier alpha value is -2.87. The lowest BCUT2D eigenvalue weighted by molar-refractivity contribution is -0.144. The van der Waals surface area contributed by atoms with Crippen molar-refractivity contribution in [3.8, 4) is 0 Å². The number of aliphatic carboxylic acids is 1. The molecule has 0 saturated heterocycles. The van der Waals surface area contributed by atoms with Crippen LogP contribution in [0.5, 0.6) is 0 Å². The molecule has 0 spiro atoms. The Morgan fingerprint density at radius 3 is 1.84 bits per heavy atom. The van der Waals surface area contributed by atoms with Gasteiger partial charge in [-0.15, -0.1) is 0 Å². The summed E-state index contributed by atoms with van der Waals surface area (Å²) in [7, 11) is 0. The van der Waals surface area contributed by atoms with Crippen molar-refractivity contribution in [1.82, 2.24) is 16.0 Å². The summed E-state index contributed by atoms with van der Waals surface area (Å²) in [6.45, 7) is 3.20. The average Bonchev–Trinajstić information content (AvgIpc) is 2.66. The van der Waals surface area contributed by atoms with E-state index in [2.05, 4.69) is 28.6 Å². The van der Waals surface area contributed by atoms with Gasteiger partial charge in [0.05, 0.1) is 12.5 Å². The van der Waals surface area contributed by atoms with Crippen LogP contribution in [0.4, 0.5) is 0 Å². The summed E-state index contributed by atoms with van der Waals surface area (Å²) < 4.78 is 0. The van der Waals surface area contributed by atoms with E-state index >= 15 is 0 Å². The van der Waals surface area contributed by atoms with E-state index in [1.165, 1.54) is 0 Å². The number of carbonyl (C=O) groups is 6. The lowest BCUT2D eigenvalue weighted by Crippen LogP contribution is -2.59. The summed E-state index contributed by atoms with van der Waals surface area (Å²) in [5, 5.41) is 16.1. The van der Waals surface area contributed by atoms with Gasteiger partial charge in [-0.3, -0.25) is 24.0 Å². The third-order valence-electron chi connectivity index (χ3n) is 4.12. The second-order valence-electron chi connectivity index (χ2n) is 7.16. The summed E-state index contributed by atoms with van der Waals surface area (Å²) in [5.41, 5.74) is 15.6. The molecule has 4 unspecified atom stereocenters. The number of thiol groups is 1. The van der Waals surface area contributed by atoms with Gasteiger partial charge >= 0.3 is 5.97 Å². The topological polar surface area (TPSA) is 237 Å². The standard InChI is InChI=1S/C17H30N6O7S/c1-7(2)13(16(28)21-9(17(29)30)5-12(20)25)23-15(27)10(6-31)22-14(26)8(18)3-4-11(19)24/h7-10,13,31H,3-6,18H2,1-2H3,(H2,19,24)(H2,20,25)(H,21,28)(H,22,26)(H,23,27)(H,29,30). The molecule has 0 aromatic heterocycles. The number of carboxylic acids is 1. The van der Waals surface area contributed by atoms with Crippen LogP contribution in [0.1, 0.15) is 33.1 Å². The summed E-state index contributed by atoms with van der Waals surface area (Å²) in [6, 6.07) is -4.99. The van der Waals surface area contributed by atoms with Crippen molar-refractivity contribution >= 4 is 48.1 Å². The average molecular weight is 463 g/mol. The normalized spacial score (nSPS) is 14.6. The molecule has 10 N–H and O–H groups in total. The summed E-state index contributed by atoms with van der Waals surface area (Å²) in [4.78, 5) is 70.2. The molecule has 0 aliphatic carbocycles. The first-order valence-electron chi connectivity index (χ1n) is 9.37. The first-order valence-corrected chi connectivity index (χ1v) is 10.00. The van der Waals surface area contributed by atoms with Crippen molar-refractivity contribution in [3.63, 3.8) is 0 Å². The van der Waals surface area contributed by atoms with Gasteiger partial charge in [0.2, 0.25) is 29.5 Å². The van der Waals surface area contributed by atoms with E-state index in [0.717, 1.165) is 0 Å². The predicted octanol–water partition coefficient (Wildman–Crippen LogP) is -3.42. The maximum absolute atomic E-state index is 12.6. The fraction of sp³-hybridized carbons (Fsp3) is 0.647. The Morgan fingerprint density at radius 2 is 1.42 bits per heavy atom. The maximum Gasteiger partial charge on any atom is 0.326 e. The number of amides is 5. The Morgan fingerprint density at radius 1 is 0.871 bits per heavy atom. The van der Waals surface area contributed by atoms with E-state index in [0.29, 0.717) is 0 Å². The molecule has 5 amide bonds. The highest BCUT2D eigenvalue weighted by Crippen LogP contribution is 2.05. The van der Waals surface area contributed by atoms with Gasteiger partial charge in [0.25, 0.3) is 0 Å². The SMILES string of the molecule is CC(C)C(NC(=O)C(CS)NC(=O)C(N)CCC(N)=O)C(=O)NC(CC(N)=O)C(=O)O. The minimum Gasteiger partial charge on any atom is -0.480 e. The molecule has 0 saturated carbocycles. The lowest BCUT2D eigenvalue weighted by atomic mass is 10.0. The van der Waals surface area contributed by atoms with Crippen molar-refractivity contribution < 1.29 is 33.9 Å². The largest absolute Gasteiger partial charge is 0.480 e. The molecule has 14 heteroatoms. The van der Waals surface area contributed by atoms with Gasteiger partial charge in [-0.25, -0.2) is 4.79 Å². The van der Waals surface area contributed by atoms with Crippen LogP contribution in [0, 0.1) is 5.92 Å². The molecule has 4 atom stereocenters. The van der Waals surface area contributed by atoms with E-state index in [1.807, 2.05) is 0 Å². The third-order valence-corrected chi connectivity index (χ3v) is 4.49. The van der Waals surface area contributed by atoms with E-state index in [9.17, 15) is 28.8 Å². The van der Waals surface area contributed by atoms with E-state index in [4.69, 9.17) is 22.3 Å². The highest BCUT2D eigenvalue weighted by atomic mass is 32.1. The van der Waals surface area contributed by atoms with Crippen LogP contribution in [-0.2, 0) is 28.8 Å². The number of hydrogen-bond acceptors (Lipinski definition) is 8. The molecule has 0 aromatic rings. The van der Waals surface area contributed by atoms with Crippen LogP contribution < -0.4 is 33.2 Å². The fourth-order valence-electron chi connectivity index (χ4n) is 2.35. The van der Waals surface area contributed by atoms with Crippen LogP contribution in [0.2, 0.25) is 0 Å². The first-order chi connectivity index (χ1) is 14.3. The molecule has 0 heterocycles. The fourth-order valence-corrected chi connectivity index (χ4v) is 2.61. The Bertz CT molecular complexity index is 702. The maximum atomic E-state index is 12.6. The van der Waals surface area contributed by atoms with Gasteiger partial charge in [-0.1, -0.05) is 13.8 Å². The van der Waals surface area contributed by atoms with Crippen LogP contribution in [0.3, 0.4) is 0 Å². The number of hydrogen-bond donors (Lipinski definition) is 8. The smallest absolute Gasteiger partial charge is 0.326 e. The van der Waals surface area contributed by atoms with Gasteiger partial charge in [-0.05, 0) is 12.3 Å². The van der Waals surface area contributed by atoms with Crippen molar-refractivity contribution in [2.75, 3.05) is 5.75 Å². The van der Waals surface area contributed by atoms with Gasteiger partial charge < -0.3 is 38.3 Å². The highest BCUT2D eigenvalue weighted by Gasteiger charge is 2.32. The van der Waals surface area contributed by atoms with Crippen LogP contribution in [0.15, 0.2) is 0 Å². The Balaban J connectivity index is 5.16. The molecule has 0 aromatic carbocycles. The number of carboxylic acid groups (broad SMARTS) is 1. The second kappa shape index (κ2) is 13.4. The number of carbonyl (C=O) groups excluding carboxylic acids is 5. The van der Waals surface area contributed by atoms with Gasteiger partial charge in [-0.2, -0.15) is 12.6 Å². The van der Waals surface area contributed by atoms with Gasteiger partial charge in [0, 0.05) is 12.2 Å². The molecule has 0 fully saturated rings. The molecule has 0 aliphatic heterocycles. The van der Waals surface area contributed by atoms with Crippen molar-refractivity contribution in [2.24, 2.45) is 23.1 Å². The number of nitrogens with two attached hydrogens (primary N) is 3. The van der Waals surface area contributed by atoms with Crippen LogP contribution >= 0.6 is 12.6 Å². The van der Waals surface area contributed by atoms with E-state index < -0.39 is 72.0 Å². The highest BCUT2D eigenvalue weighted by molar-refractivity contribution is 7.80. The van der Waals surface area contributed by atoms with Crippen LogP contribution in [-0.4, -0.2) is 70.5 Å². The van der Waals surface area contributed by atoms with Crippen molar-refractivity contribution in [2.45, 2.75) is 57.3 Å². The lowest BCUT2D eigenvalue weighted by Gasteiger charge is -2.26. The van der Waals surface area contributed by atoms with Gasteiger partial charge in [0.1, 0.15) is 18.1 Å². The minimum absolute atomic E-state index is 0.0183. The zero-order valence-electron chi connectivity index (χ0n) is 17.3. The van der Waals surface area contributed by atoms with E-state index in [-0.39, 0.29) is 18.6 Å². The van der Waals surface area contributed by atoms with Crippen molar-refractivity contribution in [3.05, 3.63) is 0 Å². The number of nitrogens with one attached hydrogen (secondary N) is 3. The number of rotatable bonds is 14. The Labute approximate surface area is 184 Å². The zero-order chi connectivity index (χ0) is 24.3. The molecular formula is C17H30N6O7S. The van der Waals surface area contributed by atoms with Crippen molar-refractivity contribution in [1.29, 1.82) is 0 Å². The molecule has 0 aliphatic rings. The molecule has 31 heavy (non-hydrogen) atoms. The Kier molecular flexibility index (Phi) is 12.2. The predicted molar refractivity (Wildman–Crippen MR) is 112 cm³/mol.